The van der Waals surface area contributed by atoms with Crippen molar-refractivity contribution in [1.29, 1.82) is 0 Å². The molecule has 1 saturated heterocycles. The quantitative estimate of drug-likeness (QED) is 0.275. The summed E-state index contributed by atoms with van der Waals surface area (Å²) in [5.74, 6) is -1.07. The van der Waals surface area contributed by atoms with E-state index in [0.717, 1.165) is 16.7 Å². The van der Waals surface area contributed by atoms with E-state index in [1.807, 2.05) is 22.6 Å². The largest absolute Gasteiger partial charge is 0.493 e. The Morgan fingerprint density at radius 2 is 1.97 bits per heavy atom. The molecule has 1 fully saturated rings. The van der Waals surface area contributed by atoms with Gasteiger partial charge in [0, 0.05) is 0 Å². The molecule has 0 aromatic heterocycles. The normalized spacial score (nSPS) is 15.9. The Kier molecular flexibility index (Phi) is 8.53. The zero-order valence-corrected chi connectivity index (χ0v) is 19.7. The number of benzene rings is 1. The maximum atomic E-state index is 12.6. The summed E-state index contributed by atoms with van der Waals surface area (Å²) in [5.41, 5.74) is 0.580. The Morgan fingerprint density at radius 3 is 2.57 bits per heavy atom. The zero-order valence-electron chi connectivity index (χ0n) is 16.7. The minimum atomic E-state index is -1.03. The lowest BCUT2D eigenvalue weighted by Gasteiger charge is -2.18. The number of amides is 2. The summed E-state index contributed by atoms with van der Waals surface area (Å²) in [7, 11) is 2.63. The fourth-order valence-electron chi connectivity index (χ4n) is 2.54. The highest BCUT2D eigenvalue weighted by Crippen LogP contribution is 2.37. The number of imide groups is 1. The van der Waals surface area contributed by atoms with E-state index in [0.29, 0.717) is 20.6 Å². The minimum Gasteiger partial charge on any atom is -0.493 e. The van der Waals surface area contributed by atoms with Crippen LogP contribution in [0.3, 0.4) is 0 Å². The Hall–Kier alpha value is -2.28. The van der Waals surface area contributed by atoms with Crippen molar-refractivity contribution in [2.45, 2.75) is 19.9 Å². The van der Waals surface area contributed by atoms with Crippen LogP contribution in [0.5, 0.6) is 11.5 Å². The second-order valence-electron chi connectivity index (χ2n) is 5.88. The number of hydrogen-bond donors (Lipinski definition) is 0. The summed E-state index contributed by atoms with van der Waals surface area (Å²) in [5, 5.41) is -0.555. The summed E-state index contributed by atoms with van der Waals surface area (Å²) in [6.07, 6.45) is 1.52. The third-order valence-electron chi connectivity index (χ3n) is 3.94. The van der Waals surface area contributed by atoms with Gasteiger partial charge in [-0.1, -0.05) is 0 Å². The van der Waals surface area contributed by atoms with Crippen LogP contribution >= 0.6 is 34.4 Å². The fourth-order valence-corrected chi connectivity index (χ4v) is 4.23. The maximum Gasteiger partial charge on any atom is 0.344 e. The Labute approximate surface area is 191 Å². The van der Waals surface area contributed by atoms with E-state index >= 15 is 0 Å². The number of nitrogens with zero attached hydrogens (tertiary/aromatic N) is 1. The Balaban J connectivity index is 2.28. The molecular formula is C19H20INO8S. The molecular weight excluding hydrogens is 529 g/mol. The van der Waals surface area contributed by atoms with Crippen LogP contribution in [-0.4, -0.2) is 61.5 Å². The molecule has 0 spiro atoms. The molecule has 30 heavy (non-hydrogen) atoms. The summed E-state index contributed by atoms with van der Waals surface area (Å²) in [4.78, 5) is 49.1. The van der Waals surface area contributed by atoms with Gasteiger partial charge in [-0.15, -0.1) is 0 Å². The van der Waals surface area contributed by atoms with Crippen LogP contribution in [0.15, 0.2) is 17.0 Å². The molecule has 2 rings (SSSR count). The first-order chi connectivity index (χ1) is 14.2. The van der Waals surface area contributed by atoms with E-state index in [9.17, 15) is 19.2 Å². The lowest BCUT2D eigenvalue weighted by atomic mass is 10.1. The van der Waals surface area contributed by atoms with E-state index in [-0.39, 0.29) is 18.1 Å². The van der Waals surface area contributed by atoms with E-state index in [1.54, 1.807) is 19.1 Å². The maximum absolute atomic E-state index is 12.6. The van der Waals surface area contributed by atoms with Crippen LogP contribution in [0.2, 0.25) is 0 Å². The van der Waals surface area contributed by atoms with Crippen molar-refractivity contribution in [3.8, 4) is 11.5 Å². The molecule has 1 aliphatic rings. The first kappa shape index (κ1) is 24.0. The van der Waals surface area contributed by atoms with Gasteiger partial charge in [-0.25, -0.2) is 9.59 Å². The van der Waals surface area contributed by atoms with Crippen molar-refractivity contribution >= 4 is 63.5 Å². The summed E-state index contributed by atoms with van der Waals surface area (Å²) in [6.45, 7) is 3.10. The first-order valence-electron chi connectivity index (χ1n) is 8.74. The number of thioether (sulfide) groups is 1. The Bertz CT molecular complexity index is 901. The number of rotatable bonds is 8. The van der Waals surface area contributed by atoms with Crippen molar-refractivity contribution in [2.24, 2.45) is 0 Å². The monoisotopic (exact) mass is 549 g/mol. The molecule has 162 valence electrons. The number of methoxy groups -OCH3 is 2. The lowest BCUT2D eigenvalue weighted by molar-refractivity contribution is -0.148. The van der Waals surface area contributed by atoms with Crippen LogP contribution in [0, 0.1) is 3.57 Å². The van der Waals surface area contributed by atoms with E-state index in [4.69, 9.17) is 14.2 Å². The number of carbonyl (C=O) groups is 4. The molecule has 0 aliphatic carbocycles. The number of halogens is 1. The molecule has 2 amide bonds. The van der Waals surface area contributed by atoms with Crippen LogP contribution in [0.1, 0.15) is 19.4 Å². The molecule has 11 heteroatoms. The van der Waals surface area contributed by atoms with Crippen molar-refractivity contribution in [1.82, 2.24) is 4.90 Å². The van der Waals surface area contributed by atoms with Crippen LogP contribution in [-0.2, 0) is 23.9 Å². The van der Waals surface area contributed by atoms with Gasteiger partial charge in [0.25, 0.3) is 11.1 Å². The molecule has 0 N–H and O–H groups in total. The fraction of sp³-hybridized carbons (Fsp3) is 0.368. The van der Waals surface area contributed by atoms with Gasteiger partial charge in [-0.3, -0.25) is 14.5 Å². The zero-order chi connectivity index (χ0) is 22.4. The number of esters is 2. The van der Waals surface area contributed by atoms with Gasteiger partial charge < -0.3 is 18.9 Å². The highest BCUT2D eigenvalue weighted by atomic mass is 127. The summed E-state index contributed by atoms with van der Waals surface area (Å²) < 4.78 is 20.9. The lowest BCUT2D eigenvalue weighted by Crippen LogP contribution is -2.42. The first-order valence-corrected chi connectivity index (χ1v) is 10.6. The van der Waals surface area contributed by atoms with Gasteiger partial charge in [0.05, 0.1) is 29.3 Å². The van der Waals surface area contributed by atoms with Crippen molar-refractivity contribution in [3.63, 3.8) is 0 Å². The van der Waals surface area contributed by atoms with E-state index in [2.05, 4.69) is 4.74 Å². The Morgan fingerprint density at radius 1 is 1.27 bits per heavy atom. The average molecular weight is 549 g/mol. The number of ether oxygens (including phenoxy) is 4. The van der Waals surface area contributed by atoms with Crippen molar-refractivity contribution in [2.75, 3.05) is 27.4 Å². The van der Waals surface area contributed by atoms with E-state index in [1.165, 1.54) is 27.2 Å². The SMILES string of the molecule is CCOC(=O)COc1c(I)cc(/C=C2/SC(=O)N([C@H](C)C(=O)OC)C2=O)cc1OC. The molecule has 1 heterocycles. The van der Waals surface area contributed by atoms with Gasteiger partial charge >= 0.3 is 11.9 Å². The highest BCUT2D eigenvalue weighted by molar-refractivity contribution is 14.1. The molecule has 1 atom stereocenters. The predicted molar refractivity (Wildman–Crippen MR) is 117 cm³/mol. The van der Waals surface area contributed by atoms with Gasteiger partial charge in [-0.2, -0.15) is 0 Å². The topological polar surface area (TPSA) is 108 Å². The molecule has 0 saturated carbocycles. The van der Waals surface area contributed by atoms with Crippen LogP contribution < -0.4 is 9.47 Å². The van der Waals surface area contributed by atoms with Gasteiger partial charge in [0.15, 0.2) is 18.1 Å². The average Bonchev–Trinajstić information content (AvgIpc) is 2.98. The molecule has 0 bridgehead atoms. The highest BCUT2D eigenvalue weighted by Gasteiger charge is 2.41. The molecule has 1 aromatic carbocycles. The summed E-state index contributed by atoms with van der Waals surface area (Å²) in [6, 6.07) is 2.29. The predicted octanol–water partition coefficient (Wildman–Crippen LogP) is 2.84. The second-order valence-corrected chi connectivity index (χ2v) is 8.03. The van der Waals surface area contributed by atoms with Crippen LogP contribution in [0.4, 0.5) is 4.79 Å². The molecule has 9 nitrogen and oxygen atoms in total. The smallest absolute Gasteiger partial charge is 0.344 e. The molecule has 1 aliphatic heterocycles. The van der Waals surface area contributed by atoms with Gasteiger partial charge in [0.2, 0.25) is 0 Å². The standard InChI is InChI=1S/C19H20INO8S/c1-5-28-15(22)9-29-16-12(20)6-11(7-13(16)26-3)8-14-17(23)21(19(25)30-14)10(2)18(24)27-4/h6-8,10H,5,9H2,1-4H3/b14-8+/t10-/m1/s1. The third-order valence-corrected chi connectivity index (χ3v) is 5.63. The second kappa shape index (κ2) is 10.7. The van der Waals surface area contributed by atoms with Gasteiger partial charge in [0.1, 0.15) is 6.04 Å². The number of hydrogen-bond acceptors (Lipinski definition) is 9. The molecule has 0 unspecified atom stereocenters. The summed E-state index contributed by atoms with van der Waals surface area (Å²) >= 11 is 2.74. The van der Waals surface area contributed by atoms with Crippen molar-refractivity contribution in [3.05, 3.63) is 26.2 Å². The third kappa shape index (κ3) is 5.45. The van der Waals surface area contributed by atoms with Crippen LogP contribution in [0.25, 0.3) is 6.08 Å². The minimum absolute atomic E-state index is 0.161. The van der Waals surface area contributed by atoms with E-state index < -0.39 is 29.1 Å². The van der Waals surface area contributed by atoms with Crippen molar-refractivity contribution < 1.29 is 38.1 Å². The number of carbonyl (C=O) groups excluding carboxylic acids is 4. The molecule has 0 radical (unpaired) electrons. The molecule has 1 aromatic rings. The van der Waals surface area contributed by atoms with Gasteiger partial charge in [-0.05, 0) is 72.0 Å².